The Morgan fingerprint density at radius 2 is 1.25 bits per heavy atom. The normalized spacial score (nSPS) is 16.4. The zero-order valence-corrected chi connectivity index (χ0v) is 28.1. The monoisotopic (exact) mass is 675 g/mol. The number of benzene rings is 7. The third kappa shape index (κ3) is 4.54. The summed E-state index contributed by atoms with van der Waals surface area (Å²) in [4.78, 5) is 5.35. The summed E-state index contributed by atoms with van der Waals surface area (Å²) in [7, 11) is 0. The van der Waals surface area contributed by atoms with E-state index in [2.05, 4.69) is 126 Å². The maximum atomic E-state index is 6.39. The number of hydrogen-bond acceptors (Lipinski definition) is 6. The van der Waals surface area contributed by atoms with E-state index >= 15 is 0 Å². The lowest BCUT2D eigenvalue weighted by Gasteiger charge is -2.32. The molecule has 10 aromatic rings. The topological polar surface area (TPSA) is 62.7 Å². The van der Waals surface area contributed by atoms with E-state index in [9.17, 15) is 0 Å². The zero-order chi connectivity index (χ0) is 33.5. The second kappa shape index (κ2) is 11.2. The minimum Gasteiger partial charge on any atom is -0.456 e. The molecule has 0 saturated carbocycles. The second-order valence-electron chi connectivity index (χ2n) is 13.2. The summed E-state index contributed by atoms with van der Waals surface area (Å²) in [5.74, 6) is 0.837. The number of hydrogen-bond donors (Lipinski definition) is 2. The molecule has 5 nitrogen and oxygen atoms in total. The van der Waals surface area contributed by atoms with Gasteiger partial charge in [0, 0.05) is 52.8 Å². The van der Waals surface area contributed by atoms with Crippen molar-refractivity contribution in [2.75, 3.05) is 0 Å². The predicted molar refractivity (Wildman–Crippen MR) is 210 cm³/mol. The Morgan fingerprint density at radius 1 is 0.510 bits per heavy atom. The van der Waals surface area contributed by atoms with E-state index in [-0.39, 0.29) is 12.3 Å². The number of thiophene rings is 1. The van der Waals surface area contributed by atoms with Crippen LogP contribution in [0.2, 0.25) is 0 Å². The van der Waals surface area contributed by atoms with Gasteiger partial charge in [-0.15, -0.1) is 11.3 Å². The molecule has 6 heteroatoms. The zero-order valence-electron chi connectivity index (χ0n) is 27.3. The van der Waals surface area contributed by atoms with Crippen molar-refractivity contribution in [1.29, 1.82) is 0 Å². The van der Waals surface area contributed by atoms with Gasteiger partial charge in [0.05, 0.1) is 0 Å². The Bertz CT molecular complexity index is 3010. The largest absolute Gasteiger partial charge is 0.456 e. The van der Waals surface area contributed by atoms with Crippen LogP contribution in [0.3, 0.4) is 0 Å². The standard InChI is InChI=1S/C45H29N3O2S/c1-2-10-26(11-3-1)43-46-44(48-45(47-43)34-16-9-19-38-41(34)33-13-5-7-18-37(33)49-38)28-21-23-39-35(24-28)31-22-20-27(25-40(31)51-39)29-14-8-15-32-30-12-4-6-17-36(30)50-42(29)32/h1-25,43-44,46H,(H,47,48). The fourth-order valence-corrected chi connectivity index (χ4v) is 8.89. The fraction of sp³-hybridized carbons (Fsp3) is 0.0444. The van der Waals surface area contributed by atoms with Crippen molar-refractivity contribution in [3.63, 3.8) is 0 Å². The summed E-state index contributed by atoms with van der Waals surface area (Å²) in [6.07, 6.45) is -0.417. The summed E-state index contributed by atoms with van der Waals surface area (Å²) in [6.45, 7) is 0. The van der Waals surface area contributed by atoms with Crippen LogP contribution in [0.1, 0.15) is 29.0 Å². The van der Waals surface area contributed by atoms with Crippen LogP contribution in [-0.2, 0) is 0 Å². The summed E-state index contributed by atoms with van der Waals surface area (Å²) in [5.41, 5.74) is 9.12. The molecule has 2 unspecified atom stereocenters. The molecule has 1 aliphatic heterocycles. The summed E-state index contributed by atoms with van der Waals surface area (Å²) in [6, 6.07) is 53.2. The minimum absolute atomic E-state index is 0.143. The first-order valence-electron chi connectivity index (χ1n) is 17.2. The van der Waals surface area contributed by atoms with Gasteiger partial charge in [-0.25, -0.2) is 4.99 Å². The van der Waals surface area contributed by atoms with E-state index < -0.39 is 0 Å². The molecule has 11 rings (SSSR count). The molecule has 0 fully saturated rings. The average molecular weight is 676 g/mol. The first-order chi connectivity index (χ1) is 25.2. The number of furan rings is 2. The van der Waals surface area contributed by atoms with Gasteiger partial charge in [0.15, 0.2) is 0 Å². The highest BCUT2D eigenvalue weighted by Crippen LogP contribution is 2.41. The van der Waals surface area contributed by atoms with Crippen LogP contribution in [0.25, 0.3) is 75.2 Å². The smallest absolute Gasteiger partial charge is 0.143 e. The first kappa shape index (κ1) is 28.6. The third-order valence-electron chi connectivity index (χ3n) is 10.2. The molecule has 2 N–H and O–H groups in total. The minimum atomic E-state index is -0.274. The van der Waals surface area contributed by atoms with Gasteiger partial charge in [-0.05, 0) is 53.1 Å². The summed E-state index contributed by atoms with van der Waals surface area (Å²) < 4.78 is 15.1. The highest BCUT2D eigenvalue weighted by Gasteiger charge is 2.27. The maximum absolute atomic E-state index is 6.39. The van der Waals surface area contributed by atoms with Gasteiger partial charge in [0.25, 0.3) is 0 Å². The number of rotatable bonds is 4. The lowest BCUT2D eigenvalue weighted by atomic mass is 10.00. The molecule has 4 heterocycles. The van der Waals surface area contributed by atoms with Crippen LogP contribution in [0, 0.1) is 0 Å². The third-order valence-corrected chi connectivity index (χ3v) is 11.3. The van der Waals surface area contributed by atoms with E-state index in [4.69, 9.17) is 13.8 Å². The van der Waals surface area contributed by atoms with E-state index in [0.717, 1.165) is 77.5 Å². The van der Waals surface area contributed by atoms with Gasteiger partial charge in [-0.2, -0.15) is 0 Å². The van der Waals surface area contributed by atoms with Crippen molar-refractivity contribution in [2.24, 2.45) is 4.99 Å². The highest BCUT2D eigenvalue weighted by molar-refractivity contribution is 7.25. The second-order valence-corrected chi connectivity index (χ2v) is 14.2. The Morgan fingerprint density at radius 3 is 2.16 bits per heavy atom. The maximum Gasteiger partial charge on any atom is 0.143 e. The number of amidine groups is 1. The molecule has 0 aliphatic carbocycles. The number of nitrogens with zero attached hydrogens (tertiary/aromatic N) is 1. The predicted octanol–water partition coefficient (Wildman–Crippen LogP) is 11.9. The van der Waals surface area contributed by atoms with Gasteiger partial charge in [-0.1, -0.05) is 115 Å². The van der Waals surface area contributed by atoms with Crippen LogP contribution in [-0.4, -0.2) is 5.84 Å². The summed E-state index contributed by atoms with van der Waals surface area (Å²) >= 11 is 1.82. The van der Waals surface area contributed by atoms with E-state index in [1.165, 1.54) is 20.2 Å². The van der Waals surface area contributed by atoms with Crippen LogP contribution in [0.4, 0.5) is 0 Å². The quantitative estimate of drug-likeness (QED) is 0.195. The summed E-state index contributed by atoms with van der Waals surface area (Å²) in [5, 5.41) is 14.4. The molecule has 2 atom stereocenters. The van der Waals surface area contributed by atoms with Crippen molar-refractivity contribution >= 4 is 81.2 Å². The molecule has 0 amide bonds. The molecular formula is C45H29N3O2S. The van der Waals surface area contributed by atoms with E-state index in [1.807, 2.05) is 47.7 Å². The van der Waals surface area contributed by atoms with Crippen molar-refractivity contribution in [2.45, 2.75) is 12.3 Å². The molecule has 3 aromatic heterocycles. The van der Waals surface area contributed by atoms with Crippen LogP contribution in [0.15, 0.2) is 165 Å². The van der Waals surface area contributed by atoms with E-state index in [0.29, 0.717) is 0 Å². The fourth-order valence-electron chi connectivity index (χ4n) is 7.76. The number of aliphatic imine (C=N–C) groups is 1. The van der Waals surface area contributed by atoms with Crippen molar-refractivity contribution in [3.8, 4) is 11.1 Å². The first-order valence-corrected chi connectivity index (χ1v) is 18.0. The van der Waals surface area contributed by atoms with Crippen LogP contribution < -0.4 is 10.6 Å². The molecule has 0 bridgehead atoms. The molecular weight excluding hydrogens is 647 g/mol. The SMILES string of the molecule is c1ccc(C2NC(c3cccc4oc5ccccc5c34)=NC(c3ccc4sc5cc(-c6cccc7c6oc6ccccc67)ccc5c4c3)N2)cc1. The molecule has 51 heavy (non-hydrogen) atoms. The molecule has 242 valence electrons. The molecule has 1 aliphatic rings. The van der Waals surface area contributed by atoms with Gasteiger partial charge < -0.3 is 14.2 Å². The molecule has 0 saturated heterocycles. The van der Waals surface area contributed by atoms with Crippen molar-refractivity contribution in [1.82, 2.24) is 10.6 Å². The Kier molecular flexibility index (Phi) is 6.26. The highest BCUT2D eigenvalue weighted by atomic mass is 32.1. The Balaban J connectivity index is 1.03. The average Bonchev–Trinajstić information content (AvgIpc) is 3.88. The number of para-hydroxylation sites is 3. The Labute approximate surface area is 296 Å². The number of fused-ring (bicyclic) bond motifs is 9. The lowest BCUT2D eigenvalue weighted by Crippen LogP contribution is -2.45. The van der Waals surface area contributed by atoms with Gasteiger partial charge in [-0.3, -0.25) is 5.32 Å². The van der Waals surface area contributed by atoms with E-state index in [1.54, 1.807) is 0 Å². The lowest BCUT2D eigenvalue weighted by molar-refractivity contribution is 0.409. The van der Waals surface area contributed by atoms with Crippen LogP contribution >= 0.6 is 11.3 Å². The molecule has 7 aromatic carbocycles. The van der Waals surface area contributed by atoms with Crippen molar-refractivity contribution < 1.29 is 8.83 Å². The molecule has 0 radical (unpaired) electrons. The van der Waals surface area contributed by atoms with Gasteiger partial charge in [0.2, 0.25) is 0 Å². The van der Waals surface area contributed by atoms with Gasteiger partial charge in [0.1, 0.15) is 40.5 Å². The molecule has 0 spiro atoms. The number of nitrogens with one attached hydrogen (secondary N) is 2. The van der Waals surface area contributed by atoms with Crippen molar-refractivity contribution in [3.05, 3.63) is 168 Å². The van der Waals surface area contributed by atoms with Gasteiger partial charge >= 0.3 is 0 Å². The Hall–Kier alpha value is -6.21. The van der Waals surface area contributed by atoms with Crippen LogP contribution in [0.5, 0.6) is 0 Å².